The van der Waals surface area contributed by atoms with Crippen molar-refractivity contribution in [2.75, 3.05) is 6.61 Å². The normalized spacial score (nSPS) is 15.8. The molecule has 1 N–H and O–H groups in total. The quantitative estimate of drug-likeness (QED) is 0.527. The summed E-state index contributed by atoms with van der Waals surface area (Å²) in [5.41, 5.74) is 0.583. The molecule has 1 atom stereocenters. The summed E-state index contributed by atoms with van der Waals surface area (Å²) in [4.78, 5) is 11.4. The van der Waals surface area contributed by atoms with E-state index in [0.29, 0.717) is 5.57 Å². The van der Waals surface area contributed by atoms with Crippen LogP contribution in [0.3, 0.4) is 0 Å². The number of rotatable bonds is 8. The molecular formula is C25H27NO3P-. The van der Waals surface area contributed by atoms with Gasteiger partial charge in [-0.05, 0) is 29.8 Å². The van der Waals surface area contributed by atoms with Crippen molar-refractivity contribution in [3.63, 3.8) is 0 Å². The molecule has 0 fully saturated rings. The first-order chi connectivity index (χ1) is 14.5. The van der Waals surface area contributed by atoms with Crippen LogP contribution in [-0.2, 0) is 9.53 Å². The van der Waals surface area contributed by atoms with E-state index in [4.69, 9.17) is 4.74 Å². The van der Waals surface area contributed by atoms with E-state index in [1.807, 2.05) is 68.5 Å². The summed E-state index contributed by atoms with van der Waals surface area (Å²) in [6.45, 7) is 5.60. The Hall–Kier alpha value is -2.84. The maximum absolute atomic E-state index is 13.0. The Kier molecular flexibility index (Phi) is 7.48. The van der Waals surface area contributed by atoms with Gasteiger partial charge in [0.15, 0.2) is 0 Å². The van der Waals surface area contributed by atoms with Crippen molar-refractivity contribution in [1.82, 2.24) is 5.32 Å². The van der Waals surface area contributed by atoms with Crippen molar-refractivity contribution in [3.05, 3.63) is 95.7 Å². The SMILES string of the molecule is CC(=O)N[C@H](CO/C([O-])=C1/C=CC=C1P(c1ccccc1)c1ccccc1)C(C)C. The molecule has 5 heteroatoms. The standard InChI is InChI=1S/C25H28NO3P/c1-18(2)23(26-19(3)27)17-29-25(28)22-15-10-16-24(22)30(20-11-6-4-7-12-20)21-13-8-5-9-14-21/h4-16,18,23,28H,17H2,1-3H3,(H,26,27)/p-1/b25-22-/t23-/m1/s1. The Morgan fingerprint density at radius 1 is 1.03 bits per heavy atom. The number of nitrogens with one attached hydrogen (secondary N) is 1. The van der Waals surface area contributed by atoms with Gasteiger partial charge < -0.3 is 15.2 Å². The van der Waals surface area contributed by atoms with Crippen LogP contribution in [0, 0.1) is 5.92 Å². The summed E-state index contributed by atoms with van der Waals surface area (Å²) in [7, 11) is -0.885. The monoisotopic (exact) mass is 420 g/mol. The topological polar surface area (TPSA) is 61.4 Å². The third-order valence-electron chi connectivity index (χ3n) is 4.87. The van der Waals surface area contributed by atoms with E-state index in [0.717, 1.165) is 5.31 Å². The molecule has 0 bridgehead atoms. The largest absolute Gasteiger partial charge is 0.611 e. The second-order valence-corrected chi connectivity index (χ2v) is 9.67. The molecule has 0 aromatic heterocycles. The Labute approximate surface area is 179 Å². The number of hydrogen-bond acceptors (Lipinski definition) is 3. The zero-order valence-electron chi connectivity index (χ0n) is 17.5. The second-order valence-electron chi connectivity index (χ2n) is 7.48. The molecule has 0 spiro atoms. The molecule has 0 heterocycles. The number of carbonyl (C=O) groups excluding carboxylic acids is 1. The summed E-state index contributed by atoms with van der Waals surface area (Å²) in [5, 5.41) is 19.2. The van der Waals surface area contributed by atoms with Crippen LogP contribution in [0.4, 0.5) is 0 Å². The molecule has 30 heavy (non-hydrogen) atoms. The highest BCUT2D eigenvalue weighted by Gasteiger charge is 2.23. The fourth-order valence-electron chi connectivity index (χ4n) is 3.26. The highest BCUT2D eigenvalue weighted by Crippen LogP contribution is 2.49. The van der Waals surface area contributed by atoms with Crippen LogP contribution in [0.1, 0.15) is 20.8 Å². The first-order valence-electron chi connectivity index (χ1n) is 10.1. The Bertz CT molecular complexity index is 909. The van der Waals surface area contributed by atoms with Crippen molar-refractivity contribution < 1.29 is 14.6 Å². The molecule has 2 aromatic rings. The van der Waals surface area contributed by atoms with Gasteiger partial charge in [0, 0.05) is 25.1 Å². The van der Waals surface area contributed by atoms with Crippen molar-refractivity contribution in [2.24, 2.45) is 5.92 Å². The van der Waals surface area contributed by atoms with Crippen LogP contribution in [0.15, 0.2) is 95.7 Å². The highest BCUT2D eigenvalue weighted by molar-refractivity contribution is 7.77. The fourth-order valence-corrected chi connectivity index (χ4v) is 5.70. The van der Waals surface area contributed by atoms with Gasteiger partial charge in [0.05, 0.1) is 5.95 Å². The minimum absolute atomic E-state index is 0.129. The van der Waals surface area contributed by atoms with Crippen LogP contribution in [0.25, 0.3) is 0 Å². The zero-order valence-corrected chi connectivity index (χ0v) is 18.4. The first-order valence-corrected chi connectivity index (χ1v) is 11.4. The van der Waals surface area contributed by atoms with E-state index in [9.17, 15) is 9.90 Å². The molecule has 4 nitrogen and oxygen atoms in total. The fraction of sp³-hybridized carbons (Fsp3) is 0.240. The molecule has 0 radical (unpaired) electrons. The molecule has 156 valence electrons. The molecule has 3 rings (SSSR count). The van der Waals surface area contributed by atoms with Crippen LogP contribution >= 0.6 is 7.92 Å². The third kappa shape index (κ3) is 5.40. The van der Waals surface area contributed by atoms with Crippen molar-refractivity contribution in [1.29, 1.82) is 0 Å². The lowest BCUT2D eigenvalue weighted by atomic mass is 10.1. The lowest BCUT2D eigenvalue weighted by molar-refractivity contribution is -0.359. The van der Waals surface area contributed by atoms with E-state index >= 15 is 0 Å². The Morgan fingerprint density at radius 3 is 2.10 bits per heavy atom. The van der Waals surface area contributed by atoms with E-state index in [-0.39, 0.29) is 30.4 Å². The van der Waals surface area contributed by atoms with Gasteiger partial charge in [-0.15, -0.1) is 0 Å². The van der Waals surface area contributed by atoms with Crippen LogP contribution < -0.4 is 21.0 Å². The van der Waals surface area contributed by atoms with Crippen molar-refractivity contribution in [2.45, 2.75) is 26.8 Å². The van der Waals surface area contributed by atoms with E-state index in [1.165, 1.54) is 17.5 Å². The predicted octanol–water partition coefficient (Wildman–Crippen LogP) is 3.32. The van der Waals surface area contributed by atoms with Crippen LogP contribution in [-0.4, -0.2) is 18.6 Å². The average Bonchev–Trinajstić information content (AvgIpc) is 3.21. The van der Waals surface area contributed by atoms with Crippen molar-refractivity contribution >= 4 is 24.4 Å². The summed E-state index contributed by atoms with van der Waals surface area (Å²) in [6, 6.07) is 20.3. The molecule has 0 aliphatic heterocycles. The predicted molar refractivity (Wildman–Crippen MR) is 122 cm³/mol. The lowest BCUT2D eigenvalue weighted by Crippen LogP contribution is -2.41. The van der Waals surface area contributed by atoms with Gasteiger partial charge >= 0.3 is 0 Å². The average molecular weight is 420 g/mol. The minimum Gasteiger partial charge on any atom is -0.611 e. The van der Waals surface area contributed by atoms with Gasteiger partial charge in [0.1, 0.15) is 0 Å². The molecule has 0 saturated carbocycles. The summed E-state index contributed by atoms with van der Waals surface area (Å²) in [5.74, 6) is -0.326. The molecule has 1 aliphatic rings. The summed E-state index contributed by atoms with van der Waals surface area (Å²) in [6.07, 6.45) is 5.73. The smallest absolute Gasteiger partial charge is 0.217 e. The number of carbonyl (C=O) groups is 1. The molecular weight excluding hydrogens is 393 g/mol. The number of benzene rings is 2. The Morgan fingerprint density at radius 2 is 1.60 bits per heavy atom. The van der Waals surface area contributed by atoms with Gasteiger partial charge in [-0.25, -0.2) is 0 Å². The van der Waals surface area contributed by atoms with E-state index in [2.05, 4.69) is 29.6 Å². The van der Waals surface area contributed by atoms with Crippen molar-refractivity contribution in [3.8, 4) is 0 Å². The maximum atomic E-state index is 13.0. The van der Waals surface area contributed by atoms with Crippen LogP contribution in [0.5, 0.6) is 0 Å². The zero-order chi connectivity index (χ0) is 21.5. The number of hydrogen-bond donors (Lipinski definition) is 1. The van der Waals surface area contributed by atoms with Gasteiger partial charge in [-0.2, -0.15) is 0 Å². The summed E-state index contributed by atoms with van der Waals surface area (Å²) < 4.78 is 5.63. The minimum atomic E-state index is -0.885. The number of allylic oxidation sites excluding steroid dienone is 5. The maximum Gasteiger partial charge on any atom is 0.217 e. The van der Waals surface area contributed by atoms with Gasteiger partial charge in [0.25, 0.3) is 0 Å². The highest BCUT2D eigenvalue weighted by atomic mass is 31.1. The first kappa shape index (κ1) is 21.9. The van der Waals surface area contributed by atoms with Gasteiger partial charge in [0.2, 0.25) is 5.91 Å². The summed E-state index contributed by atoms with van der Waals surface area (Å²) >= 11 is 0. The molecule has 1 aliphatic carbocycles. The van der Waals surface area contributed by atoms with Gasteiger partial charge in [-0.3, -0.25) is 4.79 Å². The molecule has 0 unspecified atom stereocenters. The molecule has 0 saturated heterocycles. The molecule has 1 amide bonds. The number of ether oxygens (including phenoxy) is 1. The Balaban J connectivity index is 1.89. The second kappa shape index (κ2) is 10.3. The van der Waals surface area contributed by atoms with Crippen LogP contribution in [0.2, 0.25) is 0 Å². The van der Waals surface area contributed by atoms with E-state index < -0.39 is 7.92 Å². The van der Waals surface area contributed by atoms with E-state index in [1.54, 1.807) is 0 Å². The molecule has 2 aromatic carbocycles. The third-order valence-corrected chi connectivity index (χ3v) is 7.37. The lowest BCUT2D eigenvalue weighted by Gasteiger charge is -2.29. The number of amides is 1. The van der Waals surface area contributed by atoms with Gasteiger partial charge in [-0.1, -0.05) is 92.7 Å².